The van der Waals surface area contributed by atoms with Gasteiger partial charge in [-0.25, -0.2) is 14.8 Å². The van der Waals surface area contributed by atoms with Gasteiger partial charge in [-0.3, -0.25) is 9.69 Å². The van der Waals surface area contributed by atoms with Gasteiger partial charge in [-0.05, 0) is 54.5 Å². The van der Waals surface area contributed by atoms with Crippen molar-refractivity contribution in [3.63, 3.8) is 0 Å². The van der Waals surface area contributed by atoms with Gasteiger partial charge in [0.2, 0.25) is 0 Å². The molecule has 0 saturated carbocycles. The SMILES string of the molecule is CCCCCCN(C[C@H](O)[C@@H](O)[C@H](O)[C@H](O)CO)C(CNC(=O)O)c1ccc(CNC[C@H](CNC(=O)c2nc(Cl)c(N)nc2N)Cc2ccccc2C)cc1. The van der Waals surface area contributed by atoms with E-state index >= 15 is 0 Å². The number of aliphatic hydroxyl groups excluding tert-OH is 5. The van der Waals surface area contributed by atoms with Crippen molar-refractivity contribution in [1.82, 2.24) is 30.8 Å². The van der Waals surface area contributed by atoms with E-state index in [4.69, 9.17) is 23.1 Å². The fourth-order valence-corrected chi connectivity index (χ4v) is 6.37. The summed E-state index contributed by atoms with van der Waals surface area (Å²) in [7, 11) is 0. The first-order valence-corrected chi connectivity index (χ1v) is 18.9. The molecule has 13 N–H and O–H groups in total. The van der Waals surface area contributed by atoms with E-state index in [1.807, 2.05) is 54.3 Å². The normalized spacial score (nSPS) is 14.9. The van der Waals surface area contributed by atoms with Crippen LogP contribution in [0.1, 0.15) is 71.4 Å². The molecule has 17 heteroatoms. The maximum Gasteiger partial charge on any atom is 0.404 e. The summed E-state index contributed by atoms with van der Waals surface area (Å²) in [6.07, 6.45) is -3.62. The lowest BCUT2D eigenvalue weighted by atomic mass is 9.95. The lowest BCUT2D eigenvalue weighted by Crippen LogP contribution is -2.51. The molecular weight excluding hydrogens is 732 g/mol. The van der Waals surface area contributed by atoms with Crippen molar-refractivity contribution >= 4 is 35.2 Å². The molecule has 0 fully saturated rings. The number of halogens is 1. The molecule has 0 spiro atoms. The Balaban J connectivity index is 1.75. The standard InChI is InChI=1S/C38H57ClN8O8/c1-3-4-5-8-15-47(21-29(49)32(51)33(52)30(50)22-48)28(20-44-38(54)55)26-13-11-24(12-14-26)17-42-18-25(16-27-10-7-6-9-23(27)2)19-43-37(53)31-35(40)46-36(41)34(39)45-31/h6-7,9-14,25,28-30,32-33,42,44,48-52H,3-5,8,15-22H2,1-2H3,(H,43,53)(H,54,55)(H4,40,41,46)/t25-,28?,29+,30-,32-,33-/m1/s1. The summed E-state index contributed by atoms with van der Waals surface area (Å²) in [5, 5.41) is 68.9. The summed E-state index contributed by atoms with van der Waals surface area (Å²) < 4.78 is 0. The highest BCUT2D eigenvalue weighted by Gasteiger charge is 2.33. The Kier molecular flexibility index (Phi) is 19.0. The van der Waals surface area contributed by atoms with Crippen LogP contribution in [-0.2, 0) is 13.0 Å². The van der Waals surface area contributed by atoms with Crippen LogP contribution in [0.15, 0.2) is 48.5 Å². The van der Waals surface area contributed by atoms with Crippen LogP contribution in [0, 0.1) is 12.8 Å². The average molecular weight is 789 g/mol. The molecular formula is C38H57ClN8O8. The minimum absolute atomic E-state index is 0.0164. The lowest BCUT2D eigenvalue weighted by Gasteiger charge is -2.36. The summed E-state index contributed by atoms with van der Waals surface area (Å²) in [4.78, 5) is 34.3. The van der Waals surface area contributed by atoms with E-state index < -0.39 is 49.1 Å². The largest absolute Gasteiger partial charge is 0.465 e. The van der Waals surface area contributed by atoms with Gasteiger partial charge < -0.3 is 58.1 Å². The Hall–Kier alpha value is -4.13. The zero-order chi connectivity index (χ0) is 40.5. The van der Waals surface area contributed by atoms with Gasteiger partial charge in [0, 0.05) is 32.7 Å². The monoisotopic (exact) mass is 788 g/mol. The number of anilines is 2. The van der Waals surface area contributed by atoms with E-state index in [0.29, 0.717) is 32.6 Å². The number of carboxylic acid groups (broad SMARTS) is 1. The summed E-state index contributed by atoms with van der Waals surface area (Å²) in [5.74, 6) is -0.745. The van der Waals surface area contributed by atoms with E-state index in [2.05, 4.69) is 38.9 Å². The van der Waals surface area contributed by atoms with Crippen molar-refractivity contribution in [2.24, 2.45) is 5.92 Å². The van der Waals surface area contributed by atoms with Crippen LogP contribution in [0.3, 0.4) is 0 Å². The van der Waals surface area contributed by atoms with Crippen molar-refractivity contribution in [3.05, 3.63) is 81.6 Å². The van der Waals surface area contributed by atoms with Crippen LogP contribution in [0.4, 0.5) is 16.4 Å². The molecule has 0 aliphatic heterocycles. The van der Waals surface area contributed by atoms with Gasteiger partial charge in [-0.2, -0.15) is 0 Å². The predicted octanol–water partition coefficient (Wildman–Crippen LogP) is 1.61. The molecule has 0 saturated heterocycles. The highest BCUT2D eigenvalue weighted by Crippen LogP contribution is 2.24. The van der Waals surface area contributed by atoms with E-state index in [-0.39, 0.29) is 41.5 Å². The van der Waals surface area contributed by atoms with Crippen LogP contribution in [0.2, 0.25) is 5.15 Å². The highest BCUT2D eigenvalue weighted by atomic mass is 35.5. The maximum atomic E-state index is 13.0. The van der Waals surface area contributed by atoms with Crippen LogP contribution in [0.5, 0.6) is 0 Å². The number of unbranched alkanes of at least 4 members (excludes halogenated alkanes) is 3. The van der Waals surface area contributed by atoms with Gasteiger partial charge in [0.1, 0.15) is 18.3 Å². The Bertz CT molecular complexity index is 1640. The molecule has 2 amide bonds. The van der Waals surface area contributed by atoms with E-state index in [1.165, 1.54) is 0 Å². The number of nitrogens with one attached hydrogen (secondary N) is 3. The van der Waals surface area contributed by atoms with Gasteiger partial charge in [-0.1, -0.05) is 86.3 Å². The number of aromatic nitrogens is 2. The Morgan fingerprint density at radius 2 is 1.56 bits per heavy atom. The number of hydrogen-bond donors (Lipinski definition) is 11. The molecule has 1 unspecified atom stereocenters. The van der Waals surface area contributed by atoms with Gasteiger partial charge in [0.15, 0.2) is 22.5 Å². The Morgan fingerprint density at radius 3 is 2.22 bits per heavy atom. The number of carbonyl (C=O) groups is 2. The molecule has 0 radical (unpaired) electrons. The van der Waals surface area contributed by atoms with Gasteiger partial charge in [-0.15, -0.1) is 0 Å². The fraction of sp³-hybridized carbons (Fsp3) is 0.526. The molecule has 0 aliphatic carbocycles. The first kappa shape index (κ1) is 45.3. The number of rotatable bonds is 24. The third-order valence-electron chi connectivity index (χ3n) is 9.50. The van der Waals surface area contributed by atoms with Crippen molar-refractivity contribution in [1.29, 1.82) is 0 Å². The molecule has 1 heterocycles. The van der Waals surface area contributed by atoms with Crippen LogP contribution < -0.4 is 27.4 Å². The number of aliphatic hydroxyl groups is 5. The smallest absolute Gasteiger partial charge is 0.404 e. The third kappa shape index (κ3) is 14.5. The third-order valence-corrected chi connectivity index (χ3v) is 9.78. The van der Waals surface area contributed by atoms with Gasteiger partial charge in [0.25, 0.3) is 5.91 Å². The van der Waals surface area contributed by atoms with Crippen molar-refractivity contribution in [2.75, 3.05) is 50.8 Å². The number of amides is 2. The molecule has 55 heavy (non-hydrogen) atoms. The van der Waals surface area contributed by atoms with Crippen molar-refractivity contribution in [2.45, 2.75) is 83.0 Å². The molecule has 1 aromatic heterocycles. The quantitative estimate of drug-likeness (QED) is 0.0576. The van der Waals surface area contributed by atoms with Crippen LogP contribution in [0.25, 0.3) is 0 Å². The number of nitrogens with zero attached hydrogens (tertiary/aromatic N) is 3. The number of nitrogen functional groups attached to an aromatic ring is 2. The summed E-state index contributed by atoms with van der Waals surface area (Å²) in [6, 6.07) is 15.1. The Labute approximate surface area is 326 Å². The molecule has 3 aromatic rings. The van der Waals surface area contributed by atoms with Gasteiger partial charge in [0.05, 0.1) is 18.8 Å². The number of aryl methyl sites for hydroxylation is 1. The van der Waals surface area contributed by atoms with Crippen molar-refractivity contribution in [3.8, 4) is 0 Å². The Morgan fingerprint density at radius 1 is 0.873 bits per heavy atom. The fourth-order valence-electron chi connectivity index (χ4n) is 6.24. The zero-order valence-electron chi connectivity index (χ0n) is 31.4. The van der Waals surface area contributed by atoms with E-state index in [1.54, 1.807) is 0 Å². The summed E-state index contributed by atoms with van der Waals surface area (Å²) in [6.45, 7) is 4.94. The van der Waals surface area contributed by atoms with E-state index in [0.717, 1.165) is 47.9 Å². The molecule has 0 bridgehead atoms. The predicted molar refractivity (Wildman–Crippen MR) is 210 cm³/mol. The lowest BCUT2D eigenvalue weighted by molar-refractivity contribution is -0.121. The average Bonchev–Trinajstić information content (AvgIpc) is 3.16. The number of benzene rings is 2. The molecule has 304 valence electrons. The number of carbonyl (C=O) groups excluding carboxylic acids is 1. The zero-order valence-corrected chi connectivity index (χ0v) is 32.2. The number of nitrogens with two attached hydrogens (primary N) is 2. The topological polar surface area (TPSA) is 273 Å². The molecule has 0 aliphatic rings. The molecule has 6 atom stereocenters. The second-order valence-electron chi connectivity index (χ2n) is 13.8. The molecule has 3 rings (SSSR count). The number of hydrogen-bond acceptors (Lipinski definition) is 13. The second-order valence-corrected chi connectivity index (χ2v) is 14.1. The maximum absolute atomic E-state index is 13.0. The summed E-state index contributed by atoms with van der Waals surface area (Å²) in [5.41, 5.74) is 15.4. The molecule has 2 aromatic carbocycles. The minimum Gasteiger partial charge on any atom is -0.465 e. The van der Waals surface area contributed by atoms with Crippen LogP contribution >= 0.6 is 11.6 Å². The van der Waals surface area contributed by atoms with E-state index in [9.17, 15) is 40.2 Å². The summed E-state index contributed by atoms with van der Waals surface area (Å²) >= 11 is 5.99. The first-order valence-electron chi connectivity index (χ1n) is 18.5. The highest BCUT2D eigenvalue weighted by molar-refractivity contribution is 6.31. The minimum atomic E-state index is -1.78. The second kappa shape index (κ2) is 23.1. The van der Waals surface area contributed by atoms with Gasteiger partial charge >= 0.3 is 6.09 Å². The van der Waals surface area contributed by atoms with Crippen LogP contribution in [-0.4, -0.2) is 121 Å². The van der Waals surface area contributed by atoms with Crippen molar-refractivity contribution < 1.29 is 40.2 Å². The molecule has 16 nitrogen and oxygen atoms in total. The first-order chi connectivity index (χ1) is 26.2.